The Bertz CT molecular complexity index is 1150. The van der Waals surface area contributed by atoms with Crippen molar-refractivity contribution in [3.8, 4) is 17.0 Å². The van der Waals surface area contributed by atoms with Gasteiger partial charge in [0.1, 0.15) is 10.6 Å². The van der Waals surface area contributed by atoms with Gasteiger partial charge in [-0.05, 0) is 43.7 Å². The van der Waals surface area contributed by atoms with Crippen molar-refractivity contribution in [1.29, 1.82) is 0 Å². The zero-order valence-corrected chi connectivity index (χ0v) is 18.8. The van der Waals surface area contributed by atoms with Gasteiger partial charge in [0, 0.05) is 31.7 Å². The minimum Gasteiger partial charge on any atom is -0.495 e. The first-order valence-electron chi connectivity index (χ1n) is 10.2. The molecule has 2 heterocycles. The molecule has 0 bridgehead atoms. The molecular weight excluding hydrogens is 412 g/mol. The zero-order valence-electron chi connectivity index (χ0n) is 17.9. The van der Waals surface area contributed by atoms with Crippen molar-refractivity contribution in [2.24, 2.45) is 0 Å². The number of piperazine rings is 1. The largest absolute Gasteiger partial charge is 0.495 e. The molecular formula is C23H26N4O3S. The summed E-state index contributed by atoms with van der Waals surface area (Å²) in [5, 5.41) is 8.73. The number of rotatable bonds is 5. The molecule has 0 atom stereocenters. The summed E-state index contributed by atoms with van der Waals surface area (Å²) >= 11 is 0. The molecule has 1 aliphatic rings. The summed E-state index contributed by atoms with van der Waals surface area (Å²) in [6, 6.07) is 17.3. The molecule has 31 heavy (non-hydrogen) atoms. The van der Waals surface area contributed by atoms with Gasteiger partial charge in [-0.1, -0.05) is 35.9 Å². The van der Waals surface area contributed by atoms with E-state index in [1.165, 1.54) is 17.0 Å². The fraction of sp³-hybridized carbons (Fsp3) is 0.304. The highest BCUT2D eigenvalue weighted by molar-refractivity contribution is 7.89. The number of methoxy groups -OCH3 is 1. The quantitative estimate of drug-likeness (QED) is 0.609. The highest BCUT2D eigenvalue weighted by Gasteiger charge is 2.31. The molecule has 162 valence electrons. The van der Waals surface area contributed by atoms with E-state index in [2.05, 4.69) is 15.1 Å². The van der Waals surface area contributed by atoms with Crippen LogP contribution in [0.15, 0.2) is 59.5 Å². The Morgan fingerprint density at radius 1 is 0.839 bits per heavy atom. The number of sulfonamides is 1. The first kappa shape index (κ1) is 21.3. The molecule has 1 aliphatic heterocycles. The standard InChI is InChI=1S/C23H26N4O3S/c1-17-4-7-19(8-5-17)20-9-11-23(25-24-20)26-12-14-27(15-13-26)31(28,29)22-16-18(2)6-10-21(22)30-3/h4-11,16H,12-15H2,1-3H3. The number of aryl methyl sites for hydroxylation is 2. The Balaban J connectivity index is 1.46. The van der Waals surface area contributed by atoms with Crippen molar-refractivity contribution in [2.45, 2.75) is 18.7 Å². The maximum absolute atomic E-state index is 13.2. The third-order valence-corrected chi connectivity index (χ3v) is 7.42. The van der Waals surface area contributed by atoms with Crippen LogP contribution < -0.4 is 9.64 Å². The molecule has 1 aromatic heterocycles. The van der Waals surface area contributed by atoms with Gasteiger partial charge in [0.25, 0.3) is 0 Å². The molecule has 1 fully saturated rings. The lowest BCUT2D eigenvalue weighted by Crippen LogP contribution is -2.49. The summed E-state index contributed by atoms with van der Waals surface area (Å²) in [4.78, 5) is 2.27. The van der Waals surface area contributed by atoms with E-state index < -0.39 is 10.0 Å². The van der Waals surface area contributed by atoms with Gasteiger partial charge in [0.15, 0.2) is 5.82 Å². The maximum atomic E-state index is 13.2. The van der Waals surface area contributed by atoms with Crippen molar-refractivity contribution in [2.75, 3.05) is 38.2 Å². The van der Waals surface area contributed by atoms with Crippen LogP contribution in [0.2, 0.25) is 0 Å². The van der Waals surface area contributed by atoms with Crippen LogP contribution in [0.5, 0.6) is 5.75 Å². The van der Waals surface area contributed by atoms with Gasteiger partial charge in [-0.2, -0.15) is 4.31 Å². The molecule has 3 aromatic rings. The first-order chi connectivity index (χ1) is 14.9. The van der Waals surface area contributed by atoms with Gasteiger partial charge in [-0.15, -0.1) is 10.2 Å². The fourth-order valence-corrected chi connectivity index (χ4v) is 5.32. The molecule has 2 aromatic carbocycles. The van der Waals surface area contributed by atoms with Gasteiger partial charge in [-0.3, -0.25) is 0 Å². The first-order valence-corrected chi connectivity index (χ1v) is 11.6. The van der Waals surface area contributed by atoms with E-state index in [1.807, 2.05) is 56.3 Å². The molecule has 0 saturated carbocycles. The number of aromatic nitrogens is 2. The van der Waals surface area contributed by atoms with E-state index in [0.29, 0.717) is 31.9 Å². The second kappa shape index (κ2) is 8.64. The van der Waals surface area contributed by atoms with Crippen LogP contribution in [0.1, 0.15) is 11.1 Å². The SMILES string of the molecule is COc1ccc(C)cc1S(=O)(=O)N1CCN(c2ccc(-c3ccc(C)cc3)nn2)CC1. The Morgan fingerprint density at radius 2 is 1.52 bits per heavy atom. The third-order valence-electron chi connectivity index (χ3n) is 5.50. The average molecular weight is 439 g/mol. The molecule has 0 amide bonds. The van der Waals surface area contributed by atoms with Crippen molar-refractivity contribution in [3.05, 3.63) is 65.7 Å². The second-order valence-electron chi connectivity index (χ2n) is 7.69. The number of anilines is 1. The Kier molecular flexibility index (Phi) is 5.93. The monoisotopic (exact) mass is 438 g/mol. The van der Waals surface area contributed by atoms with E-state index in [-0.39, 0.29) is 4.90 Å². The van der Waals surface area contributed by atoms with Crippen molar-refractivity contribution >= 4 is 15.8 Å². The van der Waals surface area contributed by atoms with Crippen molar-refractivity contribution in [1.82, 2.24) is 14.5 Å². The minimum absolute atomic E-state index is 0.214. The number of hydrogen-bond donors (Lipinski definition) is 0. The number of benzene rings is 2. The highest BCUT2D eigenvalue weighted by Crippen LogP contribution is 2.29. The average Bonchev–Trinajstić information content (AvgIpc) is 2.80. The minimum atomic E-state index is -3.63. The summed E-state index contributed by atoms with van der Waals surface area (Å²) < 4.78 is 33.2. The molecule has 0 spiro atoms. The highest BCUT2D eigenvalue weighted by atomic mass is 32.2. The predicted molar refractivity (Wildman–Crippen MR) is 121 cm³/mol. The van der Waals surface area contributed by atoms with Crippen LogP contribution in [0.25, 0.3) is 11.3 Å². The summed E-state index contributed by atoms with van der Waals surface area (Å²) in [6.45, 7) is 5.77. The van der Waals surface area contributed by atoms with Crippen LogP contribution in [0.4, 0.5) is 5.82 Å². The number of hydrogen-bond acceptors (Lipinski definition) is 6. The molecule has 7 nitrogen and oxygen atoms in total. The van der Waals surface area contributed by atoms with Crippen LogP contribution in [-0.4, -0.2) is 56.2 Å². The normalized spacial score (nSPS) is 15.1. The van der Waals surface area contributed by atoms with Crippen LogP contribution in [0, 0.1) is 13.8 Å². The Morgan fingerprint density at radius 3 is 2.13 bits per heavy atom. The summed E-state index contributed by atoms with van der Waals surface area (Å²) in [5.74, 6) is 1.12. The van der Waals surface area contributed by atoms with Crippen molar-refractivity contribution < 1.29 is 13.2 Å². The van der Waals surface area contributed by atoms with E-state index >= 15 is 0 Å². The predicted octanol–water partition coefficient (Wildman–Crippen LogP) is 3.28. The van der Waals surface area contributed by atoms with Crippen LogP contribution in [-0.2, 0) is 10.0 Å². The van der Waals surface area contributed by atoms with Crippen LogP contribution >= 0.6 is 0 Å². The molecule has 0 radical (unpaired) electrons. The van der Waals surface area contributed by atoms with Gasteiger partial charge in [0.05, 0.1) is 12.8 Å². The van der Waals surface area contributed by atoms with E-state index in [0.717, 1.165) is 22.6 Å². The topological polar surface area (TPSA) is 75.6 Å². The molecule has 4 rings (SSSR count). The summed E-state index contributed by atoms with van der Waals surface area (Å²) in [6.07, 6.45) is 0. The van der Waals surface area contributed by atoms with Crippen LogP contribution in [0.3, 0.4) is 0 Å². The molecule has 1 saturated heterocycles. The van der Waals surface area contributed by atoms with E-state index in [4.69, 9.17) is 4.74 Å². The van der Waals surface area contributed by atoms with E-state index in [9.17, 15) is 8.42 Å². The Hall–Kier alpha value is -2.97. The maximum Gasteiger partial charge on any atom is 0.246 e. The lowest BCUT2D eigenvalue weighted by atomic mass is 10.1. The van der Waals surface area contributed by atoms with Crippen molar-refractivity contribution in [3.63, 3.8) is 0 Å². The van der Waals surface area contributed by atoms with E-state index in [1.54, 1.807) is 12.1 Å². The van der Waals surface area contributed by atoms with Gasteiger partial charge >= 0.3 is 0 Å². The van der Waals surface area contributed by atoms with Gasteiger partial charge < -0.3 is 9.64 Å². The smallest absolute Gasteiger partial charge is 0.246 e. The van der Waals surface area contributed by atoms with Gasteiger partial charge in [-0.25, -0.2) is 8.42 Å². The molecule has 0 N–H and O–H groups in total. The summed E-state index contributed by atoms with van der Waals surface area (Å²) in [7, 11) is -2.15. The number of nitrogens with zero attached hydrogens (tertiary/aromatic N) is 4. The lowest BCUT2D eigenvalue weighted by molar-refractivity contribution is 0.373. The molecule has 0 aliphatic carbocycles. The molecule has 0 unspecified atom stereocenters. The summed E-state index contributed by atoms with van der Waals surface area (Å²) in [5.41, 5.74) is 3.91. The fourth-order valence-electron chi connectivity index (χ4n) is 3.65. The third kappa shape index (κ3) is 4.40. The Labute approximate surface area is 183 Å². The molecule has 8 heteroatoms. The zero-order chi connectivity index (χ0) is 22.0. The second-order valence-corrected chi connectivity index (χ2v) is 9.59. The lowest BCUT2D eigenvalue weighted by Gasteiger charge is -2.34. The number of ether oxygens (including phenoxy) is 1. The van der Waals surface area contributed by atoms with Gasteiger partial charge in [0.2, 0.25) is 10.0 Å².